The monoisotopic (exact) mass is 343 g/mol. The predicted octanol–water partition coefficient (Wildman–Crippen LogP) is 0.969. The minimum Gasteiger partial charge on any atom is -0.343 e. The van der Waals surface area contributed by atoms with Crippen LogP contribution in [-0.2, 0) is 0 Å². The normalized spacial score (nSPS) is 10.3. The molecule has 0 spiro atoms. The Balaban J connectivity index is 2.27. The van der Waals surface area contributed by atoms with Crippen molar-refractivity contribution in [2.24, 2.45) is 0 Å². The SMILES string of the molecule is CN(C)C(=O)c1ccc(-n2cc(I)cn2)nn1. The van der Waals surface area contributed by atoms with Crippen molar-refractivity contribution in [1.82, 2.24) is 24.9 Å². The zero-order chi connectivity index (χ0) is 12.4. The van der Waals surface area contributed by atoms with Crippen LogP contribution in [0.3, 0.4) is 0 Å². The first-order valence-electron chi connectivity index (χ1n) is 4.84. The highest BCUT2D eigenvalue weighted by atomic mass is 127. The van der Waals surface area contributed by atoms with Crippen molar-refractivity contribution < 1.29 is 4.79 Å². The molecular formula is C10H10IN5O. The third-order valence-corrected chi connectivity index (χ3v) is 2.62. The lowest BCUT2D eigenvalue weighted by atomic mass is 10.3. The van der Waals surface area contributed by atoms with Gasteiger partial charge in [0.25, 0.3) is 5.91 Å². The molecule has 2 rings (SSSR count). The molecule has 0 bridgehead atoms. The third kappa shape index (κ3) is 2.60. The van der Waals surface area contributed by atoms with Crippen LogP contribution in [0.5, 0.6) is 0 Å². The van der Waals surface area contributed by atoms with Gasteiger partial charge in [-0.25, -0.2) is 4.68 Å². The minimum absolute atomic E-state index is 0.168. The molecule has 6 nitrogen and oxygen atoms in total. The molecule has 17 heavy (non-hydrogen) atoms. The molecule has 0 aliphatic rings. The van der Waals surface area contributed by atoms with Gasteiger partial charge in [-0.2, -0.15) is 5.10 Å². The van der Waals surface area contributed by atoms with Crippen molar-refractivity contribution in [1.29, 1.82) is 0 Å². The summed E-state index contributed by atoms with van der Waals surface area (Å²) in [5, 5.41) is 12.0. The Hall–Kier alpha value is -1.51. The highest BCUT2D eigenvalue weighted by Crippen LogP contribution is 2.07. The molecule has 0 aromatic carbocycles. The summed E-state index contributed by atoms with van der Waals surface area (Å²) >= 11 is 2.16. The fraction of sp³-hybridized carbons (Fsp3) is 0.200. The van der Waals surface area contributed by atoms with E-state index in [0.717, 1.165) is 3.57 Å². The van der Waals surface area contributed by atoms with Crippen LogP contribution in [0, 0.1) is 3.57 Å². The molecule has 0 N–H and O–H groups in total. The van der Waals surface area contributed by atoms with Gasteiger partial charge in [0.1, 0.15) is 0 Å². The molecule has 88 valence electrons. The van der Waals surface area contributed by atoms with Crippen LogP contribution < -0.4 is 0 Å². The van der Waals surface area contributed by atoms with Gasteiger partial charge in [-0.15, -0.1) is 10.2 Å². The molecule has 0 fully saturated rings. The summed E-state index contributed by atoms with van der Waals surface area (Å²) < 4.78 is 2.62. The van der Waals surface area contributed by atoms with E-state index in [9.17, 15) is 4.79 Å². The maximum atomic E-state index is 11.6. The number of halogens is 1. The van der Waals surface area contributed by atoms with Crippen LogP contribution >= 0.6 is 22.6 Å². The van der Waals surface area contributed by atoms with Gasteiger partial charge in [0.2, 0.25) is 0 Å². The first kappa shape index (κ1) is 12.0. The zero-order valence-corrected chi connectivity index (χ0v) is 11.5. The van der Waals surface area contributed by atoms with Crippen molar-refractivity contribution in [3.05, 3.63) is 33.8 Å². The Morgan fingerprint density at radius 1 is 1.35 bits per heavy atom. The number of carbonyl (C=O) groups excluding carboxylic acids is 1. The van der Waals surface area contributed by atoms with Gasteiger partial charge in [0, 0.05) is 20.3 Å². The highest BCUT2D eigenvalue weighted by Gasteiger charge is 2.10. The molecule has 0 radical (unpaired) electrons. The fourth-order valence-electron chi connectivity index (χ4n) is 1.22. The number of amides is 1. The smallest absolute Gasteiger partial charge is 0.273 e. The zero-order valence-electron chi connectivity index (χ0n) is 9.33. The Morgan fingerprint density at radius 2 is 2.12 bits per heavy atom. The largest absolute Gasteiger partial charge is 0.343 e. The second-order valence-corrected chi connectivity index (χ2v) is 4.83. The van der Waals surface area contributed by atoms with Gasteiger partial charge in [0.15, 0.2) is 11.5 Å². The number of hydrogen-bond donors (Lipinski definition) is 0. The van der Waals surface area contributed by atoms with E-state index in [4.69, 9.17) is 0 Å². The molecule has 0 saturated heterocycles. The van der Waals surface area contributed by atoms with Crippen molar-refractivity contribution in [2.75, 3.05) is 14.1 Å². The molecule has 2 aromatic heterocycles. The third-order valence-electron chi connectivity index (χ3n) is 2.06. The summed E-state index contributed by atoms with van der Waals surface area (Å²) in [5.74, 6) is 0.419. The van der Waals surface area contributed by atoms with Crippen LogP contribution in [-0.4, -0.2) is 44.9 Å². The molecule has 2 heterocycles. The number of aromatic nitrogens is 4. The van der Waals surface area contributed by atoms with Crippen LogP contribution in [0.25, 0.3) is 5.82 Å². The van der Waals surface area contributed by atoms with Crippen molar-refractivity contribution in [3.63, 3.8) is 0 Å². The van der Waals surface area contributed by atoms with E-state index in [-0.39, 0.29) is 5.91 Å². The van der Waals surface area contributed by atoms with Gasteiger partial charge < -0.3 is 4.90 Å². The molecule has 0 aliphatic heterocycles. The summed E-state index contributed by atoms with van der Waals surface area (Å²) in [4.78, 5) is 13.1. The molecule has 7 heteroatoms. The predicted molar refractivity (Wildman–Crippen MR) is 69.9 cm³/mol. The quantitative estimate of drug-likeness (QED) is 0.763. The standard InChI is InChI=1S/C10H10IN5O/c1-15(2)10(17)8-3-4-9(14-13-8)16-6-7(11)5-12-16/h3-6H,1-2H3. The van der Waals surface area contributed by atoms with Crippen molar-refractivity contribution in [3.8, 4) is 5.82 Å². The Bertz CT molecular complexity index is 534. The summed E-state index contributed by atoms with van der Waals surface area (Å²) in [5.41, 5.74) is 0.320. The molecule has 0 atom stereocenters. The number of hydrogen-bond acceptors (Lipinski definition) is 4. The number of nitrogens with zero attached hydrogens (tertiary/aromatic N) is 5. The first-order valence-corrected chi connectivity index (χ1v) is 5.92. The van der Waals surface area contributed by atoms with E-state index in [1.54, 1.807) is 37.1 Å². The van der Waals surface area contributed by atoms with Gasteiger partial charge in [-0.1, -0.05) is 0 Å². The van der Waals surface area contributed by atoms with E-state index < -0.39 is 0 Å². The maximum Gasteiger partial charge on any atom is 0.273 e. The molecule has 0 aliphatic carbocycles. The van der Waals surface area contributed by atoms with Crippen LogP contribution in [0.1, 0.15) is 10.5 Å². The summed E-state index contributed by atoms with van der Waals surface area (Å²) in [7, 11) is 3.35. The van der Waals surface area contributed by atoms with Gasteiger partial charge in [-0.05, 0) is 34.7 Å². The Labute approximate surface area is 112 Å². The molecule has 1 amide bonds. The van der Waals surface area contributed by atoms with E-state index in [1.165, 1.54) is 4.90 Å². The second kappa shape index (κ2) is 4.78. The first-order chi connectivity index (χ1) is 8.08. The minimum atomic E-state index is -0.168. The van der Waals surface area contributed by atoms with Crippen LogP contribution in [0.15, 0.2) is 24.5 Å². The summed E-state index contributed by atoms with van der Waals surface area (Å²) in [6.45, 7) is 0. The Kier molecular flexibility index (Phi) is 3.36. The molecule has 0 unspecified atom stereocenters. The van der Waals surface area contributed by atoms with Crippen LogP contribution in [0.2, 0.25) is 0 Å². The number of carbonyl (C=O) groups is 1. The highest BCUT2D eigenvalue weighted by molar-refractivity contribution is 14.1. The van der Waals surface area contributed by atoms with Gasteiger partial charge in [0.05, 0.1) is 9.77 Å². The Morgan fingerprint density at radius 3 is 2.59 bits per heavy atom. The lowest BCUT2D eigenvalue weighted by Gasteiger charge is -2.08. The van der Waals surface area contributed by atoms with Gasteiger partial charge >= 0.3 is 0 Å². The summed E-state index contributed by atoms with van der Waals surface area (Å²) in [6.07, 6.45) is 3.55. The lowest BCUT2D eigenvalue weighted by molar-refractivity contribution is 0.0821. The van der Waals surface area contributed by atoms with E-state index in [1.807, 2.05) is 6.20 Å². The molecular weight excluding hydrogens is 333 g/mol. The average molecular weight is 343 g/mol. The summed E-state index contributed by atoms with van der Waals surface area (Å²) in [6, 6.07) is 3.35. The van der Waals surface area contributed by atoms with E-state index >= 15 is 0 Å². The molecule has 0 saturated carbocycles. The number of rotatable bonds is 2. The topological polar surface area (TPSA) is 63.9 Å². The average Bonchev–Trinajstić information content (AvgIpc) is 2.75. The van der Waals surface area contributed by atoms with E-state index in [2.05, 4.69) is 37.9 Å². The second-order valence-electron chi connectivity index (χ2n) is 3.58. The maximum absolute atomic E-state index is 11.6. The van der Waals surface area contributed by atoms with Crippen molar-refractivity contribution in [2.45, 2.75) is 0 Å². The molecule has 2 aromatic rings. The van der Waals surface area contributed by atoms with Crippen LogP contribution in [0.4, 0.5) is 0 Å². The van der Waals surface area contributed by atoms with Crippen molar-refractivity contribution >= 4 is 28.5 Å². The van der Waals surface area contributed by atoms with Gasteiger partial charge in [-0.3, -0.25) is 4.79 Å². The van der Waals surface area contributed by atoms with E-state index in [0.29, 0.717) is 11.5 Å². The fourth-order valence-corrected chi connectivity index (χ4v) is 1.61. The lowest BCUT2D eigenvalue weighted by Crippen LogP contribution is -2.23.